The van der Waals surface area contributed by atoms with Crippen LogP contribution in [0.2, 0.25) is 0 Å². The zero-order valence-corrected chi connectivity index (χ0v) is 15.5. The Balaban J connectivity index is 2.29. The summed E-state index contributed by atoms with van der Waals surface area (Å²) in [5, 5.41) is 2.90. The molecule has 0 aliphatic rings. The highest BCUT2D eigenvalue weighted by atomic mass is 32.1. The van der Waals surface area contributed by atoms with E-state index in [-0.39, 0.29) is 22.0 Å². The van der Waals surface area contributed by atoms with E-state index in [0.29, 0.717) is 5.56 Å². The first-order valence-electron chi connectivity index (χ1n) is 7.90. The largest absolute Gasteiger partial charge is 0.465 e. The Hall–Kier alpha value is -2.93. The Kier molecular flexibility index (Phi) is 6.68. The van der Waals surface area contributed by atoms with Crippen LogP contribution in [0, 0.1) is 6.92 Å². The van der Waals surface area contributed by atoms with E-state index < -0.39 is 17.8 Å². The summed E-state index contributed by atoms with van der Waals surface area (Å²) in [5.41, 5.74) is 1.45. The molecule has 2 aromatic rings. The number of anilines is 1. The third-order valence-electron chi connectivity index (χ3n) is 3.46. The van der Waals surface area contributed by atoms with Crippen molar-refractivity contribution in [3.8, 4) is 0 Å². The summed E-state index contributed by atoms with van der Waals surface area (Å²) in [6, 6.07) is 9.33. The van der Waals surface area contributed by atoms with E-state index in [1.165, 1.54) is 13.2 Å². The van der Waals surface area contributed by atoms with Gasteiger partial charge in [-0.1, -0.05) is 30.3 Å². The van der Waals surface area contributed by atoms with E-state index in [1.807, 2.05) is 30.3 Å². The summed E-state index contributed by atoms with van der Waals surface area (Å²) in [7, 11) is 1.26. The SMILES string of the molecule is CCOC(=O)c1c(NC(=O)/C=C/c2ccccc2)sc(C(=O)OC)c1C. The molecule has 0 saturated carbocycles. The van der Waals surface area contributed by atoms with E-state index in [1.54, 1.807) is 19.9 Å². The van der Waals surface area contributed by atoms with Crippen molar-refractivity contribution in [3.05, 3.63) is 58.0 Å². The van der Waals surface area contributed by atoms with Crippen molar-refractivity contribution in [2.24, 2.45) is 0 Å². The third kappa shape index (κ3) is 4.58. The summed E-state index contributed by atoms with van der Waals surface area (Å²) < 4.78 is 9.76. The first kappa shape index (κ1) is 19.4. The van der Waals surface area contributed by atoms with Gasteiger partial charge in [0.15, 0.2) is 0 Å². The maximum absolute atomic E-state index is 12.2. The van der Waals surface area contributed by atoms with Gasteiger partial charge in [-0.15, -0.1) is 11.3 Å². The van der Waals surface area contributed by atoms with Crippen LogP contribution in [0.3, 0.4) is 0 Å². The Morgan fingerprint density at radius 3 is 2.46 bits per heavy atom. The quantitative estimate of drug-likeness (QED) is 0.617. The Morgan fingerprint density at radius 1 is 1.15 bits per heavy atom. The summed E-state index contributed by atoms with van der Waals surface area (Å²) in [6.45, 7) is 3.48. The Bertz CT molecular complexity index is 839. The molecule has 0 radical (unpaired) electrons. The molecule has 0 saturated heterocycles. The first-order chi connectivity index (χ1) is 12.5. The van der Waals surface area contributed by atoms with Gasteiger partial charge in [0.2, 0.25) is 5.91 Å². The molecule has 0 aliphatic carbocycles. The van der Waals surface area contributed by atoms with Crippen molar-refractivity contribution >= 4 is 40.3 Å². The van der Waals surface area contributed by atoms with Crippen molar-refractivity contribution in [2.45, 2.75) is 13.8 Å². The maximum Gasteiger partial charge on any atom is 0.348 e. The van der Waals surface area contributed by atoms with Gasteiger partial charge in [0.1, 0.15) is 9.88 Å². The highest BCUT2D eigenvalue weighted by Crippen LogP contribution is 2.34. The molecule has 1 aromatic carbocycles. The number of nitrogens with one attached hydrogen (secondary N) is 1. The predicted molar refractivity (Wildman–Crippen MR) is 100 cm³/mol. The highest BCUT2D eigenvalue weighted by molar-refractivity contribution is 7.18. The maximum atomic E-state index is 12.2. The molecule has 136 valence electrons. The van der Waals surface area contributed by atoms with E-state index in [9.17, 15) is 14.4 Å². The molecule has 1 aromatic heterocycles. The number of methoxy groups -OCH3 is 1. The number of hydrogen-bond donors (Lipinski definition) is 1. The molecule has 1 N–H and O–H groups in total. The van der Waals surface area contributed by atoms with Crippen LogP contribution in [-0.4, -0.2) is 31.6 Å². The van der Waals surface area contributed by atoms with Crippen LogP contribution >= 0.6 is 11.3 Å². The van der Waals surface area contributed by atoms with E-state index in [2.05, 4.69) is 5.32 Å². The fourth-order valence-corrected chi connectivity index (χ4v) is 3.34. The molecule has 0 unspecified atom stereocenters. The molecule has 1 amide bonds. The van der Waals surface area contributed by atoms with Crippen LogP contribution < -0.4 is 5.32 Å². The number of carbonyl (C=O) groups excluding carboxylic acids is 3. The van der Waals surface area contributed by atoms with Crippen LogP contribution in [-0.2, 0) is 14.3 Å². The van der Waals surface area contributed by atoms with Crippen molar-refractivity contribution < 1.29 is 23.9 Å². The number of esters is 2. The van der Waals surface area contributed by atoms with Crippen LogP contribution in [0.15, 0.2) is 36.4 Å². The number of ether oxygens (including phenoxy) is 2. The lowest BCUT2D eigenvalue weighted by Crippen LogP contribution is -2.12. The summed E-state index contributed by atoms with van der Waals surface area (Å²) in [4.78, 5) is 36.6. The average molecular weight is 373 g/mol. The van der Waals surface area contributed by atoms with Gasteiger partial charge in [0.25, 0.3) is 0 Å². The zero-order chi connectivity index (χ0) is 19.1. The number of rotatable bonds is 6. The van der Waals surface area contributed by atoms with Crippen molar-refractivity contribution in [1.82, 2.24) is 0 Å². The van der Waals surface area contributed by atoms with Gasteiger partial charge in [-0.3, -0.25) is 4.79 Å². The van der Waals surface area contributed by atoms with Gasteiger partial charge in [-0.05, 0) is 31.1 Å². The van der Waals surface area contributed by atoms with Gasteiger partial charge in [-0.2, -0.15) is 0 Å². The van der Waals surface area contributed by atoms with Crippen LogP contribution in [0.1, 0.15) is 38.1 Å². The average Bonchev–Trinajstić information content (AvgIpc) is 2.96. The fraction of sp³-hybridized carbons (Fsp3) is 0.211. The molecule has 2 rings (SSSR count). The number of hydrogen-bond acceptors (Lipinski definition) is 6. The van der Waals surface area contributed by atoms with Gasteiger partial charge < -0.3 is 14.8 Å². The number of carbonyl (C=O) groups is 3. The lowest BCUT2D eigenvalue weighted by atomic mass is 10.1. The number of amides is 1. The van der Waals surface area contributed by atoms with E-state index in [0.717, 1.165) is 16.9 Å². The minimum Gasteiger partial charge on any atom is -0.465 e. The highest BCUT2D eigenvalue weighted by Gasteiger charge is 2.26. The van der Waals surface area contributed by atoms with Crippen molar-refractivity contribution in [2.75, 3.05) is 19.0 Å². The molecular weight excluding hydrogens is 354 g/mol. The van der Waals surface area contributed by atoms with Crippen molar-refractivity contribution in [1.29, 1.82) is 0 Å². The topological polar surface area (TPSA) is 81.7 Å². The van der Waals surface area contributed by atoms with Gasteiger partial charge in [0.05, 0.1) is 19.3 Å². The molecule has 0 spiro atoms. The third-order valence-corrected chi connectivity index (χ3v) is 4.65. The monoisotopic (exact) mass is 373 g/mol. The summed E-state index contributed by atoms with van der Waals surface area (Å²) in [6.07, 6.45) is 3.01. The molecule has 7 heteroatoms. The van der Waals surface area contributed by atoms with E-state index in [4.69, 9.17) is 9.47 Å². The molecule has 0 bridgehead atoms. The molecule has 26 heavy (non-hydrogen) atoms. The lowest BCUT2D eigenvalue weighted by Gasteiger charge is -2.05. The smallest absolute Gasteiger partial charge is 0.348 e. The second-order valence-corrected chi connectivity index (χ2v) is 6.23. The lowest BCUT2D eigenvalue weighted by molar-refractivity contribution is -0.111. The molecule has 1 heterocycles. The summed E-state index contributed by atoms with van der Waals surface area (Å²) >= 11 is 0.982. The first-order valence-corrected chi connectivity index (χ1v) is 8.72. The summed E-state index contributed by atoms with van der Waals surface area (Å²) in [5.74, 6) is -1.59. The van der Waals surface area contributed by atoms with Gasteiger partial charge >= 0.3 is 11.9 Å². The normalized spacial score (nSPS) is 10.6. The molecule has 0 aliphatic heterocycles. The van der Waals surface area contributed by atoms with Gasteiger partial charge in [-0.25, -0.2) is 9.59 Å². The molecule has 6 nitrogen and oxygen atoms in total. The Labute approximate surface area is 155 Å². The predicted octanol–water partition coefficient (Wildman–Crippen LogP) is 3.67. The van der Waals surface area contributed by atoms with Gasteiger partial charge in [0, 0.05) is 6.08 Å². The second-order valence-electron chi connectivity index (χ2n) is 5.21. The number of thiophene rings is 1. The van der Waals surface area contributed by atoms with Crippen LogP contribution in [0.4, 0.5) is 5.00 Å². The minimum absolute atomic E-state index is 0.165. The second kappa shape index (κ2) is 8.96. The fourth-order valence-electron chi connectivity index (χ4n) is 2.23. The molecule has 0 atom stereocenters. The molecular formula is C19H19NO5S. The minimum atomic E-state index is -0.598. The number of benzene rings is 1. The Morgan fingerprint density at radius 2 is 1.85 bits per heavy atom. The van der Waals surface area contributed by atoms with Crippen molar-refractivity contribution in [3.63, 3.8) is 0 Å². The standard InChI is InChI=1S/C19H19NO5S/c1-4-25-18(22)15-12(2)16(19(23)24-3)26-17(15)20-14(21)11-10-13-8-6-5-7-9-13/h5-11H,4H2,1-3H3,(H,20,21)/b11-10+. The van der Waals surface area contributed by atoms with Crippen LogP contribution in [0.25, 0.3) is 6.08 Å². The van der Waals surface area contributed by atoms with E-state index >= 15 is 0 Å². The molecule has 0 fully saturated rings. The van der Waals surface area contributed by atoms with Crippen LogP contribution in [0.5, 0.6) is 0 Å². The zero-order valence-electron chi connectivity index (χ0n) is 14.7.